The van der Waals surface area contributed by atoms with Gasteiger partial charge in [-0.2, -0.15) is 57.1 Å². The molecular formula is C22H14F13NO2. The Bertz CT molecular complexity index is 1100. The van der Waals surface area contributed by atoms with Crippen molar-refractivity contribution in [2.75, 3.05) is 6.61 Å². The molecule has 0 unspecified atom stereocenters. The van der Waals surface area contributed by atoms with E-state index in [9.17, 15) is 62.3 Å². The van der Waals surface area contributed by atoms with Crippen LogP contribution in [0.3, 0.4) is 0 Å². The maximum absolute atomic E-state index is 14.2. The smallest absolute Gasteiger partial charge is 0.460 e. The van der Waals surface area contributed by atoms with E-state index in [1.807, 2.05) is 6.07 Å². The van der Waals surface area contributed by atoms with Crippen molar-refractivity contribution in [3.8, 4) is 6.07 Å². The molecule has 0 N–H and O–H groups in total. The highest BCUT2D eigenvalue weighted by atomic mass is 19.4. The van der Waals surface area contributed by atoms with Crippen LogP contribution in [0.5, 0.6) is 0 Å². The molecule has 0 aliphatic carbocycles. The third kappa shape index (κ3) is 4.95. The van der Waals surface area contributed by atoms with Crippen molar-refractivity contribution in [3.63, 3.8) is 0 Å². The predicted octanol–water partition coefficient (Wildman–Crippen LogP) is 7.91. The Morgan fingerprint density at radius 3 is 1.37 bits per heavy atom. The van der Waals surface area contributed by atoms with Crippen molar-refractivity contribution >= 4 is 0 Å². The topological polar surface area (TPSA) is 36.6 Å². The summed E-state index contributed by atoms with van der Waals surface area (Å²) in [5, 5.41) is 13.4. The van der Waals surface area contributed by atoms with Crippen LogP contribution < -0.4 is 0 Å². The zero-order valence-corrected chi connectivity index (χ0v) is 18.4. The first-order valence-corrected chi connectivity index (χ1v) is 10.0. The molecule has 2 aromatic carbocycles. The first-order chi connectivity index (χ1) is 17.2. The van der Waals surface area contributed by atoms with Crippen molar-refractivity contribution in [1.29, 1.82) is 0 Å². The number of benzene rings is 2. The summed E-state index contributed by atoms with van der Waals surface area (Å²) in [5.74, 6) is -37.5. The third-order valence-corrected chi connectivity index (χ3v) is 5.30. The monoisotopic (exact) mass is 571 g/mol. The Morgan fingerprint density at radius 1 is 0.605 bits per heavy atom. The van der Waals surface area contributed by atoms with Crippen LogP contribution in [0.25, 0.3) is 5.01 Å². The summed E-state index contributed by atoms with van der Waals surface area (Å²) in [5.41, 5.74) is -2.50. The van der Waals surface area contributed by atoms with Crippen LogP contribution in [0.2, 0.25) is 0 Å². The molecule has 0 heterocycles. The van der Waals surface area contributed by atoms with Crippen LogP contribution in [0.4, 0.5) is 57.1 Å². The molecule has 38 heavy (non-hydrogen) atoms. The molecule has 0 aromatic heterocycles. The molecule has 0 bridgehead atoms. The number of rotatable bonds is 10. The summed E-state index contributed by atoms with van der Waals surface area (Å²) >= 11 is 0. The lowest BCUT2D eigenvalue weighted by molar-refractivity contribution is -0.440. The number of hydrogen-bond acceptors (Lipinski definition) is 2. The van der Waals surface area contributed by atoms with Crippen LogP contribution >= 0.6 is 0 Å². The van der Waals surface area contributed by atoms with Gasteiger partial charge in [-0.1, -0.05) is 60.7 Å². The van der Waals surface area contributed by atoms with Gasteiger partial charge in [0.05, 0.1) is 6.61 Å². The van der Waals surface area contributed by atoms with E-state index >= 15 is 0 Å². The predicted molar refractivity (Wildman–Crippen MR) is 106 cm³/mol. The molecule has 0 fully saturated rings. The second-order valence-electron chi connectivity index (χ2n) is 7.71. The second-order valence-corrected chi connectivity index (χ2v) is 7.71. The lowest BCUT2D eigenvalue weighted by Crippen LogP contribution is -2.70. The first-order valence-electron chi connectivity index (χ1n) is 10.0. The van der Waals surface area contributed by atoms with Crippen molar-refractivity contribution in [2.24, 2.45) is 0 Å². The maximum Gasteiger partial charge on any atom is 0.460 e. The van der Waals surface area contributed by atoms with E-state index in [4.69, 9.17) is 4.74 Å². The molecule has 0 spiro atoms. The van der Waals surface area contributed by atoms with E-state index < -0.39 is 54.4 Å². The third-order valence-electron chi connectivity index (χ3n) is 5.30. The number of alkyl halides is 13. The molecule has 2 aromatic rings. The molecule has 210 valence electrons. The molecule has 0 radical (unpaired) electrons. The first kappa shape index (κ1) is 31.0. The van der Waals surface area contributed by atoms with Gasteiger partial charge in [0, 0.05) is 22.6 Å². The highest BCUT2D eigenvalue weighted by Gasteiger charge is 2.90. The van der Waals surface area contributed by atoms with Gasteiger partial charge in [-0.15, -0.1) is 0 Å². The zero-order chi connectivity index (χ0) is 29.3. The standard InChI is InChI=1S/C22H14F13NO2/c23-17(24,18(25,26)19(27,28)20(29,30)21(31,32)22(33,34)35)11-12-38-16(13-36-37,14-7-3-1-4-8-14)15-9-5-2-6-10-15/h1-10H,11-12H2. The van der Waals surface area contributed by atoms with E-state index in [0.717, 1.165) is 0 Å². The Balaban J connectivity index is 2.45. The molecular weight excluding hydrogens is 557 g/mol. The second kappa shape index (κ2) is 10.2. The van der Waals surface area contributed by atoms with E-state index in [-0.39, 0.29) is 11.1 Å². The van der Waals surface area contributed by atoms with Gasteiger partial charge in [0.1, 0.15) is 0 Å². The molecule has 0 saturated heterocycles. The minimum absolute atomic E-state index is 0.0810. The molecule has 0 aliphatic rings. The molecule has 3 nitrogen and oxygen atoms in total. The van der Waals surface area contributed by atoms with E-state index in [1.54, 1.807) is 0 Å². The summed E-state index contributed by atoms with van der Waals surface area (Å²) in [6, 6.07) is 15.0. The molecule has 0 saturated carbocycles. The normalized spacial score (nSPS) is 14.1. The highest BCUT2D eigenvalue weighted by Crippen LogP contribution is 2.60. The van der Waals surface area contributed by atoms with Gasteiger partial charge in [-0.25, -0.2) is 0 Å². The van der Waals surface area contributed by atoms with Gasteiger partial charge >= 0.3 is 41.9 Å². The lowest BCUT2D eigenvalue weighted by atomic mass is 9.87. The Labute approximate surface area is 205 Å². The molecule has 2 rings (SSSR count). The largest absolute Gasteiger partial charge is 0.498 e. The summed E-state index contributed by atoms with van der Waals surface area (Å²) in [6.45, 7) is -1.76. The van der Waals surface area contributed by atoms with Crippen LogP contribution in [-0.2, 0) is 10.3 Å². The average Bonchev–Trinajstić information content (AvgIpc) is 2.83. The van der Waals surface area contributed by atoms with Crippen LogP contribution in [0.1, 0.15) is 17.5 Å². The van der Waals surface area contributed by atoms with E-state index in [0.29, 0.717) is 0 Å². The minimum Gasteiger partial charge on any atom is -0.498 e. The van der Waals surface area contributed by atoms with Gasteiger partial charge < -0.3 is 9.94 Å². The molecule has 16 heteroatoms. The summed E-state index contributed by atoms with van der Waals surface area (Å²) in [6.07, 6.45) is -10.1. The number of hydrogen-bond donors (Lipinski definition) is 0. The molecule has 0 aliphatic heterocycles. The van der Waals surface area contributed by atoms with Crippen LogP contribution in [0.15, 0.2) is 60.7 Å². The summed E-state index contributed by atoms with van der Waals surface area (Å²) in [4.78, 5) is 0. The van der Waals surface area contributed by atoms with Crippen molar-refractivity contribution in [2.45, 2.75) is 47.8 Å². The number of halogens is 13. The van der Waals surface area contributed by atoms with Crippen LogP contribution in [0, 0.1) is 11.3 Å². The fourth-order valence-corrected chi connectivity index (χ4v) is 3.20. The Kier molecular flexibility index (Phi) is 8.29. The zero-order valence-electron chi connectivity index (χ0n) is 18.4. The Hall–Kier alpha value is -3.22. The van der Waals surface area contributed by atoms with Crippen molar-refractivity contribution in [3.05, 3.63) is 82.0 Å². The van der Waals surface area contributed by atoms with Gasteiger partial charge in [0.25, 0.3) is 5.60 Å². The quantitative estimate of drug-likeness (QED) is 0.215. The average molecular weight is 571 g/mol. The van der Waals surface area contributed by atoms with Crippen molar-refractivity contribution < 1.29 is 61.8 Å². The SMILES string of the molecule is [O-][N+]#CC(OCCC(F)(F)C(F)(F)C(F)(F)C(F)(F)C(F)(F)C(F)(F)F)(c1ccccc1)c1ccccc1. The van der Waals surface area contributed by atoms with E-state index in [2.05, 4.69) is 5.01 Å². The molecule has 0 amide bonds. The van der Waals surface area contributed by atoms with Gasteiger partial charge in [-0.3, -0.25) is 0 Å². The Morgan fingerprint density at radius 2 is 1.00 bits per heavy atom. The highest BCUT2D eigenvalue weighted by molar-refractivity contribution is 5.44. The fourth-order valence-electron chi connectivity index (χ4n) is 3.20. The van der Waals surface area contributed by atoms with Gasteiger partial charge in [0.2, 0.25) is 0 Å². The van der Waals surface area contributed by atoms with E-state index in [1.165, 1.54) is 60.7 Å². The number of nitrogens with zero attached hydrogens (tertiary/aromatic N) is 1. The molecule has 0 atom stereocenters. The summed E-state index contributed by atoms with van der Waals surface area (Å²) < 4.78 is 178. The van der Waals surface area contributed by atoms with Crippen LogP contribution in [-0.4, -0.2) is 42.4 Å². The minimum atomic E-state index is -7.99. The maximum atomic E-state index is 14.2. The number of ether oxygens (including phenoxy) is 1. The van der Waals surface area contributed by atoms with Gasteiger partial charge in [0.15, 0.2) is 0 Å². The van der Waals surface area contributed by atoms with Gasteiger partial charge in [-0.05, 0) is 0 Å². The summed E-state index contributed by atoms with van der Waals surface area (Å²) in [7, 11) is 0. The fraction of sp³-hybridized carbons (Fsp3) is 0.409. The van der Waals surface area contributed by atoms with Crippen molar-refractivity contribution in [1.82, 2.24) is 0 Å². The lowest BCUT2D eigenvalue weighted by Gasteiger charge is -2.39.